The average Bonchev–Trinajstić information content (AvgIpc) is 2.37. The summed E-state index contributed by atoms with van der Waals surface area (Å²) in [5, 5.41) is 3.43. The Labute approximate surface area is 113 Å². The molecule has 1 rings (SSSR count). The van der Waals surface area contributed by atoms with Gasteiger partial charge < -0.3 is 10.1 Å². The van der Waals surface area contributed by atoms with Crippen molar-refractivity contribution in [1.29, 1.82) is 0 Å². The highest BCUT2D eigenvalue weighted by Gasteiger charge is 2.21. The first-order valence-corrected chi connectivity index (χ1v) is 6.97. The molecular weight excluding hydrogens is 278 g/mol. The van der Waals surface area contributed by atoms with Crippen LogP contribution in [0, 0.1) is 5.92 Å². The maximum Gasteiger partial charge on any atom is 0.119 e. The Balaban J connectivity index is 3.09. The van der Waals surface area contributed by atoms with Crippen molar-refractivity contribution in [3.8, 4) is 5.75 Å². The molecule has 0 fully saturated rings. The minimum Gasteiger partial charge on any atom is -0.497 e. The van der Waals surface area contributed by atoms with E-state index in [0.717, 1.165) is 10.2 Å². The van der Waals surface area contributed by atoms with Crippen LogP contribution in [0.15, 0.2) is 22.7 Å². The molecule has 96 valence electrons. The molecule has 3 heteroatoms. The molecule has 0 aliphatic carbocycles. The predicted octanol–water partition coefficient (Wildman–Crippen LogP) is 4.15. The van der Waals surface area contributed by atoms with Gasteiger partial charge in [-0.25, -0.2) is 0 Å². The fourth-order valence-corrected chi connectivity index (χ4v) is 2.79. The summed E-state index contributed by atoms with van der Waals surface area (Å²) < 4.78 is 6.45. The Hall–Kier alpha value is -0.540. The van der Waals surface area contributed by atoms with Crippen LogP contribution in [-0.4, -0.2) is 14.2 Å². The SMILES string of the molecule is CCC(CC)C(NC)c1cc(OC)ccc1Br. The normalized spacial score (nSPS) is 12.8. The van der Waals surface area contributed by atoms with E-state index in [2.05, 4.69) is 47.2 Å². The third-order valence-electron chi connectivity index (χ3n) is 3.37. The van der Waals surface area contributed by atoms with Gasteiger partial charge in [-0.2, -0.15) is 0 Å². The van der Waals surface area contributed by atoms with E-state index in [1.165, 1.54) is 18.4 Å². The van der Waals surface area contributed by atoms with Crippen LogP contribution in [0.2, 0.25) is 0 Å². The van der Waals surface area contributed by atoms with Gasteiger partial charge in [-0.3, -0.25) is 0 Å². The molecule has 0 aliphatic rings. The molecule has 1 unspecified atom stereocenters. The highest BCUT2D eigenvalue weighted by atomic mass is 79.9. The number of methoxy groups -OCH3 is 1. The van der Waals surface area contributed by atoms with Crippen molar-refractivity contribution in [2.24, 2.45) is 5.92 Å². The average molecular weight is 300 g/mol. The Bertz CT molecular complexity index is 350. The van der Waals surface area contributed by atoms with Crippen LogP contribution in [0.5, 0.6) is 5.75 Å². The molecular formula is C14H22BrNO. The van der Waals surface area contributed by atoms with Crippen LogP contribution in [0.1, 0.15) is 38.3 Å². The van der Waals surface area contributed by atoms with E-state index >= 15 is 0 Å². The smallest absolute Gasteiger partial charge is 0.119 e. The van der Waals surface area contributed by atoms with Gasteiger partial charge in [0.15, 0.2) is 0 Å². The zero-order chi connectivity index (χ0) is 12.8. The van der Waals surface area contributed by atoms with Crippen molar-refractivity contribution in [1.82, 2.24) is 5.32 Å². The van der Waals surface area contributed by atoms with Crippen molar-refractivity contribution < 1.29 is 4.74 Å². The van der Waals surface area contributed by atoms with E-state index < -0.39 is 0 Å². The summed E-state index contributed by atoms with van der Waals surface area (Å²) in [6.07, 6.45) is 2.34. The molecule has 0 aromatic heterocycles. The van der Waals surface area contributed by atoms with Crippen LogP contribution in [0.25, 0.3) is 0 Å². The fourth-order valence-electron chi connectivity index (χ4n) is 2.29. The second-order valence-electron chi connectivity index (χ2n) is 4.23. The van der Waals surface area contributed by atoms with Crippen LogP contribution in [0.3, 0.4) is 0 Å². The molecule has 0 spiro atoms. The molecule has 0 amide bonds. The van der Waals surface area contributed by atoms with E-state index in [-0.39, 0.29) is 0 Å². The summed E-state index contributed by atoms with van der Waals surface area (Å²) in [5.41, 5.74) is 1.28. The van der Waals surface area contributed by atoms with Gasteiger partial charge in [0.05, 0.1) is 7.11 Å². The molecule has 1 aromatic rings. The van der Waals surface area contributed by atoms with Crippen LogP contribution in [-0.2, 0) is 0 Å². The quantitative estimate of drug-likeness (QED) is 0.852. The summed E-state index contributed by atoms with van der Waals surface area (Å²) in [5.74, 6) is 1.55. The van der Waals surface area contributed by atoms with Gasteiger partial charge in [0.25, 0.3) is 0 Å². The maximum atomic E-state index is 5.30. The summed E-state index contributed by atoms with van der Waals surface area (Å²) >= 11 is 3.63. The van der Waals surface area contributed by atoms with Crippen molar-refractivity contribution in [2.45, 2.75) is 32.7 Å². The number of nitrogens with one attached hydrogen (secondary N) is 1. The lowest BCUT2D eigenvalue weighted by atomic mass is 9.89. The molecule has 1 atom stereocenters. The molecule has 0 bridgehead atoms. The van der Waals surface area contributed by atoms with E-state index in [0.29, 0.717) is 12.0 Å². The lowest BCUT2D eigenvalue weighted by Crippen LogP contribution is -2.25. The first-order valence-electron chi connectivity index (χ1n) is 6.18. The molecule has 2 nitrogen and oxygen atoms in total. The highest BCUT2D eigenvalue weighted by Crippen LogP contribution is 2.34. The van der Waals surface area contributed by atoms with E-state index in [9.17, 15) is 0 Å². The molecule has 0 radical (unpaired) electrons. The first kappa shape index (κ1) is 14.5. The van der Waals surface area contributed by atoms with Crippen LogP contribution >= 0.6 is 15.9 Å². The van der Waals surface area contributed by atoms with Gasteiger partial charge in [-0.05, 0) is 36.7 Å². The molecule has 17 heavy (non-hydrogen) atoms. The summed E-state index contributed by atoms with van der Waals surface area (Å²) in [6, 6.07) is 6.52. The van der Waals surface area contributed by atoms with Gasteiger partial charge in [-0.1, -0.05) is 42.6 Å². The third kappa shape index (κ3) is 3.46. The third-order valence-corrected chi connectivity index (χ3v) is 4.09. The molecule has 0 saturated heterocycles. The monoisotopic (exact) mass is 299 g/mol. The Morgan fingerprint density at radius 1 is 1.29 bits per heavy atom. The summed E-state index contributed by atoms with van der Waals surface area (Å²) in [7, 11) is 3.73. The maximum absolute atomic E-state index is 5.30. The Morgan fingerprint density at radius 3 is 2.41 bits per heavy atom. The van der Waals surface area contributed by atoms with E-state index in [1.54, 1.807) is 7.11 Å². The molecule has 0 aliphatic heterocycles. The molecule has 0 heterocycles. The van der Waals surface area contributed by atoms with Gasteiger partial charge >= 0.3 is 0 Å². The summed E-state index contributed by atoms with van der Waals surface area (Å²) in [6.45, 7) is 4.49. The number of rotatable bonds is 6. The Kier molecular flexibility index (Phi) is 6.00. The lowest BCUT2D eigenvalue weighted by Gasteiger charge is -2.26. The van der Waals surface area contributed by atoms with Crippen molar-refractivity contribution >= 4 is 15.9 Å². The van der Waals surface area contributed by atoms with Gasteiger partial charge in [0.2, 0.25) is 0 Å². The van der Waals surface area contributed by atoms with Gasteiger partial charge in [0, 0.05) is 10.5 Å². The zero-order valence-electron chi connectivity index (χ0n) is 11.1. The van der Waals surface area contributed by atoms with Gasteiger partial charge in [0.1, 0.15) is 5.75 Å². The second kappa shape index (κ2) is 7.02. The van der Waals surface area contributed by atoms with Crippen molar-refractivity contribution in [3.63, 3.8) is 0 Å². The first-order chi connectivity index (χ1) is 8.17. The predicted molar refractivity (Wildman–Crippen MR) is 76.6 cm³/mol. The zero-order valence-corrected chi connectivity index (χ0v) is 12.7. The number of benzene rings is 1. The minimum absolute atomic E-state index is 0.370. The van der Waals surface area contributed by atoms with Gasteiger partial charge in [-0.15, -0.1) is 0 Å². The minimum atomic E-state index is 0.370. The van der Waals surface area contributed by atoms with Crippen molar-refractivity contribution in [2.75, 3.05) is 14.2 Å². The Morgan fingerprint density at radius 2 is 1.94 bits per heavy atom. The number of ether oxygens (including phenoxy) is 1. The van der Waals surface area contributed by atoms with E-state index in [4.69, 9.17) is 4.74 Å². The molecule has 1 N–H and O–H groups in total. The largest absolute Gasteiger partial charge is 0.497 e. The van der Waals surface area contributed by atoms with Crippen LogP contribution < -0.4 is 10.1 Å². The standard InChI is InChI=1S/C14H22BrNO/c1-5-10(6-2)14(16-3)12-9-11(17-4)7-8-13(12)15/h7-10,14,16H,5-6H2,1-4H3. The topological polar surface area (TPSA) is 21.3 Å². The lowest BCUT2D eigenvalue weighted by molar-refractivity contribution is 0.356. The fraction of sp³-hybridized carbons (Fsp3) is 0.571. The molecule has 0 saturated carbocycles. The number of hydrogen-bond donors (Lipinski definition) is 1. The summed E-state index contributed by atoms with van der Waals surface area (Å²) in [4.78, 5) is 0. The molecule has 1 aromatic carbocycles. The second-order valence-corrected chi connectivity index (χ2v) is 5.08. The highest BCUT2D eigenvalue weighted by molar-refractivity contribution is 9.10. The number of halogens is 1. The van der Waals surface area contributed by atoms with E-state index in [1.807, 2.05) is 13.1 Å². The van der Waals surface area contributed by atoms with Crippen molar-refractivity contribution in [3.05, 3.63) is 28.2 Å². The van der Waals surface area contributed by atoms with Crippen LogP contribution in [0.4, 0.5) is 0 Å². The number of hydrogen-bond acceptors (Lipinski definition) is 2.